The molecule has 0 aliphatic carbocycles. The van der Waals surface area contributed by atoms with Gasteiger partial charge in [-0.3, -0.25) is 14.4 Å². The van der Waals surface area contributed by atoms with Crippen molar-refractivity contribution in [1.82, 2.24) is 4.90 Å². The number of carbonyl (C=O) groups excluding carboxylic acids is 3. The lowest BCUT2D eigenvalue weighted by Crippen LogP contribution is -2.44. The summed E-state index contributed by atoms with van der Waals surface area (Å²) in [5.41, 5.74) is 5.26. The van der Waals surface area contributed by atoms with Gasteiger partial charge in [0.25, 0.3) is 0 Å². The number of nitrogens with zero attached hydrogens (tertiary/aromatic N) is 2. The number of amides is 3. The zero-order chi connectivity index (χ0) is 18.1. The molecule has 6 nitrogen and oxygen atoms in total. The fourth-order valence-corrected chi connectivity index (χ4v) is 3.45. The van der Waals surface area contributed by atoms with Crippen molar-refractivity contribution in [2.24, 2.45) is 17.6 Å². The summed E-state index contributed by atoms with van der Waals surface area (Å²) < 4.78 is 26.9. The molecule has 8 heteroatoms. The molecule has 2 heterocycles. The van der Waals surface area contributed by atoms with E-state index in [1.165, 1.54) is 11.0 Å². The number of hydrogen-bond donors (Lipinski definition) is 1. The molecule has 2 aliphatic heterocycles. The van der Waals surface area contributed by atoms with E-state index in [4.69, 9.17) is 5.73 Å². The van der Waals surface area contributed by atoms with Crippen molar-refractivity contribution in [2.75, 3.05) is 24.5 Å². The minimum absolute atomic E-state index is 0.00853. The van der Waals surface area contributed by atoms with Crippen LogP contribution in [0.3, 0.4) is 0 Å². The molecule has 3 rings (SSSR count). The van der Waals surface area contributed by atoms with Crippen molar-refractivity contribution < 1.29 is 23.2 Å². The minimum atomic E-state index is -0.830. The van der Waals surface area contributed by atoms with Gasteiger partial charge in [0.05, 0.1) is 11.6 Å². The number of anilines is 1. The summed E-state index contributed by atoms with van der Waals surface area (Å²) in [6.45, 7) is 0.903. The number of halogens is 2. The summed E-state index contributed by atoms with van der Waals surface area (Å²) in [5, 5.41) is 0. The predicted octanol–water partition coefficient (Wildman–Crippen LogP) is 1.04. The van der Waals surface area contributed by atoms with E-state index in [0.29, 0.717) is 32.0 Å². The topological polar surface area (TPSA) is 83.7 Å². The van der Waals surface area contributed by atoms with E-state index < -0.39 is 17.6 Å². The third-order valence-electron chi connectivity index (χ3n) is 4.88. The average molecular weight is 351 g/mol. The molecule has 0 bridgehead atoms. The van der Waals surface area contributed by atoms with Crippen molar-refractivity contribution in [3.8, 4) is 0 Å². The van der Waals surface area contributed by atoms with E-state index in [2.05, 4.69) is 0 Å². The molecule has 25 heavy (non-hydrogen) atoms. The molecule has 1 atom stereocenters. The molecule has 2 N–H and O–H groups in total. The number of rotatable bonds is 3. The Hall–Kier alpha value is -2.51. The first-order valence-corrected chi connectivity index (χ1v) is 8.20. The van der Waals surface area contributed by atoms with Crippen LogP contribution in [0.5, 0.6) is 0 Å². The highest BCUT2D eigenvalue weighted by Gasteiger charge is 2.39. The number of primary amides is 1. The van der Waals surface area contributed by atoms with E-state index in [1.807, 2.05) is 0 Å². The molecule has 1 aromatic carbocycles. The fourth-order valence-electron chi connectivity index (χ4n) is 3.45. The van der Waals surface area contributed by atoms with Crippen LogP contribution in [0.1, 0.15) is 19.3 Å². The molecule has 134 valence electrons. The first-order chi connectivity index (χ1) is 11.9. The smallest absolute Gasteiger partial charge is 0.228 e. The molecule has 0 aromatic heterocycles. The van der Waals surface area contributed by atoms with Crippen molar-refractivity contribution in [2.45, 2.75) is 19.3 Å². The van der Waals surface area contributed by atoms with Crippen LogP contribution in [0.4, 0.5) is 14.5 Å². The number of carbonyl (C=O) groups is 3. The maximum atomic E-state index is 13.9. The summed E-state index contributed by atoms with van der Waals surface area (Å²) in [4.78, 5) is 38.8. The number of piperidine rings is 1. The number of likely N-dealkylation sites (tertiary alicyclic amines) is 1. The highest BCUT2D eigenvalue weighted by molar-refractivity contribution is 6.00. The van der Waals surface area contributed by atoms with Crippen LogP contribution in [0.2, 0.25) is 0 Å². The lowest BCUT2D eigenvalue weighted by atomic mass is 9.95. The standard InChI is InChI=1S/C17H19F2N3O3/c18-12-1-2-14(13(19)8-12)22-9-11(7-15(22)23)17(25)21-5-3-10(4-6-21)16(20)24/h1-2,8,10-11H,3-7,9H2,(H2,20,24). The van der Waals surface area contributed by atoms with E-state index >= 15 is 0 Å². The van der Waals surface area contributed by atoms with Gasteiger partial charge in [0.2, 0.25) is 17.7 Å². The van der Waals surface area contributed by atoms with E-state index in [1.54, 1.807) is 4.90 Å². The molecule has 2 saturated heterocycles. The third kappa shape index (κ3) is 3.47. The minimum Gasteiger partial charge on any atom is -0.369 e. The summed E-state index contributed by atoms with van der Waals surface area (Å²) in [7, 11) is 0. The molecule has 3 amide bonds. The van der Waals surface area contributed by atoms with E-state index in [0.717, 1.165) is 6.07 Å². The first-order valence-electron chi connectivity index (χ1n) is 8.20. The summed E-state index contributed by atoms with van der Waals surface area (Å²) in [6, 6.07) is 3.00. The van der Waals surface area contributed by atoms with Gasteiger partial charge < -0.3 is 15.5 Å². The molecule has 1 aromatic rings. The van der Waals surface area contributed by atoms with Gasteiger partial charge in [0.15, 0.2) is 0 Å². The Kier molecular flexibility index (Phi) is 4.69. The van der Waals surface area contributed by atoms with Gasteiger partial charge in [-0.25, -0.2) is 8.78 Å². The zero-order valence-corrected chi connectivity index (χ0v) is 13.6. The van der Waals surface area contributed by atoms with Crippen LogP contribution < -0.4 is 10.6 Å². The Morgan fingerprint density at radius 3 is 2.40 bits per heavy atom. The summed E-state index contributed by atoms with van der Waals surface area (Å²) >= 11 is 0. The Morgan fingerprint density at radius 2 is 1.80 bits per heavy atom. The first kappa shape index (κ1) is 17.3. The van der Waals surface area contributed by atoms with E-state index in [9.17, 15) is 23.2 Å². The van der Waals surface area contributed by atoms with Gasteiger partial charge >= 0.3 is 0 Å². The fraction of sp³-hybridized carbons (Fsp3) is 0.471. The number of benzene rings is 1. The largest absolute Gasteiger partial charge is 0.369 e. The van der Waals surface area contributed by atoms with Gasteiger partial charge in [-0.1, -0.05) is 0 Å². The molecule has 1 unspecified atom stereocenters. The predicted molar refractivity (Wildman–Crippen MR) is 85.3 cm³/mol. The Labute approximate surface area is 143 Å². The molecule has 0 radical (unpaired) electrons. The van der Waals surface area contributed by atoms with Crippen LogP contribution in [0.25, 0.3) is 0 Å². The maximum Gasteiger partial charge on any atom is 0.228 e. The lowest BCUT2D eigenvalue weighted by Gasteiger charge is -2.32. The SMILES string of the molecule is NC(=O)C1CCN(C(=O)C2CC(=O)N(c3ccc(F)cc3F)C2)CC1. The molecule has 0 spiro atoms. The lowest BCUT2D eigenvalue weighted by molar-refractivity contribution is -0.138. The van der Waals surface area contributed by atoms with Gasteiger partial charge in [-0.2, -0.15) is 0 Å². The summed E-state index contributed by atoms with van der Waals surface area (Å²) in [6.07, 6.45) is 1.02. The highest BCUT2D eigenvalue weighted by atomic mass is 19.1. The van der Waals surface area contributed by atoms with E-state index in [-0.39, 0.29) is 42.3 Å². The van der Waals surface area contributed by atoms with Crippen LogP contribution in [0.15, 0.2) is 18.2 Å². The van der Waals surface area contributed by atoms with Crippen LogP contribution >= 0.6 is 0 Å². The number of hydrogen-bond acceptors (Lipinski definition) is 3. The van der Waals surface area contributed by atoms with Crippen molar-refractivity contribution in [3.63, 3.8) is 0 Å². The maximum absolute atomic E-state index is 13.9. The van der Waals surface area contributed by atoms with Gasteiger partial charge in [0.1, 0.15) is 11.6 Å². The second kappa shape index (κ2) is 6.78. The van der Waals surface area contributed by atoms with Crippen molar-refractivity contribution in [1.29, 1.82) is 0 Å². The Balaban J connectivity index is 1.66. The normalized spacial score (nSPS) is 21.7. The van der Waals surface area contributed by atoms with Crippen molar-refractivity contribution >= 4 is 23.4 Å². The number of nitrogens with two attached hydrogens (primary N) is 1. The summed E-state index contributed by atoms with van der Waals surface area (Å²) in [5.74, 6) is -3.25. The third-order valence-corrected chi connectivity index (χ3v) is 4.88. The molecule has 2 fully saturated rings. The average Bonchev–Trinajstić information content (AvgIpc) is 2.96. The molecular weight excluding hydrogens is 332 g/mol. The second-order valence-corrected chi connectivity index (χ2v) is 6.50. The molecular formula is C17H19F2N3O3. The monoisotopic (exact) mass is 351 g/mol. The second-order valence-electron chi connectivity index (χ2n) is 6.50. The highest BCUT2D eigenvalue weighted by Crippen LogP contribution is 2.29. The zero-order valence-electron chi connectivity index (χ0n) is 13.6. The van der Waals surface area contributed by atoms with Crippen molar-refractivity contribution in [3.05, 3.63) is 29.8 Å². The molecule has 2 aliphatic rings. The van der Waals surface area contributed by atoms with Gasteiger partial charge in [0, 0.05) is 38.0 Å². The quantitative estimate of drug-likeness (QED) is 0.883. The Morgan fingerprint density at radius 1 is 1.12 bits per heavy atom. The van der Waals surface area contributed by atoms with Gasteiger partial charge in [-0.15, -0.1) is 0 Å². The Bertz CT molecular complexity index is 717. The molecule has 0 saturated carbocycles. The van der Waals surface area contributed by atoms with Gasteiger partial charge in [-0.05, 0) is 25.0 Å². The van der Waals surface area contributed by atoms with Crippen LogP contribution in [-0.2, 0) is 14.4 Å². The van der Waals surface area contributed by atoms with Crippen LogP contribution in [0, 0.1) is 23.5 Å². The van der Waals surface area contributed by atoms with Crippen LogP contribution in [-0.4, -0.2) is 42.3 Å².